The van der Waals surface area contributed by atoms with Gasteiger partial charge in [0, 0.05) is 5.69 Å². The zero-order valence-corrected chi connectivity index (χ0v) is 13.1. The monoisotopic (exact) mass is 292 g/mol. The molecule has 3 heteroatoms. The summed E-state index contributed by atoms with van der Waals surface area (Å²) in [5.41, 5.74) is 12.0. The van der Waals surface area contributed by atoms with Gasteiger partial charge < -0.3 is 10.5 Å². The molecule has 0 aliphatic rings. The summed E-state index contributed by atoms with van der Waals surface area (Å²) in [6, 6.07) is 18.5. The minimum absolute atomic E-state index is 0.734. The maximum atomic E-state index is 6.24. The predicted octanol–water partition coefficient (Wildman–Crippen LogP) is 4.35. The molecule has 0 unspecified atom stereocenters. The van der Waals surface area contributed by atoms with E-state index in [2.05, 4.69) is 42.7 Å². The molecule has 3 aromatic rings. The van der Waals surface area contributed by atoms with Crippen molar-refractivity contribution in [3.8, 4) is 22.7 Å². The van der Waals surface area contributed by atoms with Crippen molar-refractivity contribution >= 4 is 5.82 Å². The molecule has 2 N–H and O–H groups in total. The highest BCUT2D eigenvalue weighted by atomic mass is 16.5. The van der Waals surface area contributed by atoms with Crippen molar-refractivity contribution in [2.75, 3.05) is 12.8 Å². The van der Waals surface area contributed by atoms with Crippen molar-refractivity contribution in [2.24, 2.45) is 0 Å². The first-order valence-electron chi connectivity index (χ1n) is 7.29. The molecule has 3 rings (SSSR count). The third-order valence-electron chi connectivity index (χ3n) is 3.88. The van der Waals surface area contributed by atoms with E-state index in [0.29, 0.717) is 0 Å². The number of ether oxygens (including phenoxy) is 1. The number of anilines is 1. The van der Waals surface area contributed by atoms with Gasteiger partial charge in [-0.25, -0.2) is 0 Å². The fourth-order valence-corrected chi connectivity index (χ4v) is 2.74. The fourth-order valence-electron chi connectivity index (χ4n) is 2.74. The van der Waals surface area contributed by atoms with E-state index in [0.717, 1.165) is 34.1 Å². The van der Waals surface area contributed by atoms with Crippen molar-refractivity contribution < 1.29 is 4.74 Å². The van der Waals surface area contributed by atoms with Gasteiger partial charge in [0.15, 0.2) is 0 Å². The number of benzene rings is 2. The van der Waals surface area contributed by atoms with Crippen molar-refractivity contribution in [1.29, 1.82) is 0 Å². The summed E-state index contributed by atoms with van der Waals surface area (Å²) in [6.45, 7) is 4.18. The Balaban J connectivity index is 2.16. The molecule has 0 spiro atoms. The van der Waals surface area contributed by atoms with Crippen LogP contribution in [0.5, 0.6) is 5.75 Å². The van der Waals surface area contributed by atoms with Crippen LogP contribution in [0.1, 0.15) is 11.1 Å². The Bertz CT molecular complexity index is 784. The van der Waals surface area contributed by atoms with Crippen LogP contribution < -0.4 is 10.5 Å². The minimum Gasteiger partial charge on any atom is -0.497 e. The number of nitrogens with zero attached hydrogens (tertiary/aromatic N) is 1. The van der Waals surface area contributed by atoms with Gasteiger partial charge in [-0.05, 0) is 55.3 Å². The average molecular weight is 292 g/mol. The van der Waals surface area contributed by atoms with Gasteiger partial charge in [-0.1, -0.05) is 29.8 Å². The zero-order chi connectivity index (χ0) is 15.7. The Morgan fingerprint density at radius 1 is 0.909 bits per heavy atom. The summed E-state index contributed by atoms with van der Waals surface area (Å²) in [6.07, 6.45) is 0. The van der Waals surface area contributed by atoms with Gasteiger partial charge in [-0.15, -0.1) is 0 Å². The summed E-state index contributed by atoms with van der Waals surface area (Å²) in [5.74, 6) is 1.57. The molecule has 0 saturated carbocycles. The molecule has 0 atom stereocenters. The van der Waals surface area contributed by atoms with Crippen LogP contribution in [0.25, 0.3) is 16.9 Å². The topological polar surface area (TPSA) is 40.2 Å². The lowest BCUT2D eigenvalue weighted by Gasteiger charge is -2.13. The number of aromatic nitrogens is 1. The Labute approximate surface area is 131 Å². The molecule has 1 aromatic heterocycles. The van der Waals surface area contributed by atoms with Gasteiger partial charge in [0.25, 0.3) is 0 Å². The number of nitrogen functional groups attached to an aromatic ring is 1. The fraction of sp³-hybridized carbons (Fsp3) is 0.158. The lowest BCUT2D eigenvalue weighted by Crippen LogP contribution is -2.02. The van der Waals surface area contributed by atoms with Gasteiger partial charge in [0.05, 0.1) is 12.8 Å². The first-order valence-corrected chi connectivity index (χ1v) is 7.29. The molecular weight excluding hydrogens is 272 g/mol. The van der Waals surface area contributed by atoms with Crippen LogP contribution in [-0.4, -0.2) is 11.7 Å². The van der Waals surface area contributed by atoms with E-state index in [1.807, 2.05) is 30.3 Å². The largest absolute Gasteiger partial charge is 0.497 e. The Morgan fingerprint density at radius 2 is 1.55 bits per heavy atom. The Kier molecular flexibility index (Phi) is 3.63. The van der Waals surface area contributed by atoms with Crippen molar-refractivity contribution in [3.05, 3.63) is 65.7 Å². The average Bonchev–Trinajstić information content (AvgIpc) is 2.82. The van der Waals surface area contributed by atoms with Crippen LogP contribution in [0, 0.1) is 13.8 Å². The predicted molar refractivity (Wildman–Crippen MR) is 91.6 cm³/mol. The van der Waals surface area contributed by atoms with Gasteiger partial charge in [-0.2, -0.15) is 0 Å². The number of hydrogen-bond donors (Lipinski definition) is 1. The molecular formula is C19H20N2O. The molecule has 22 heavy (non-hydrogen) atoms. The van der Waals surface area contributed by atoms with Gasteiger partial charge >= 0.3 is 0 Å². The lowest BCUT2D eigenvalue weighted by atomic mass is 10.1. The Morgan fingerprint density at radius 3 is 2.14 bits per heavy atom. The Hall–Kier alpha value is -2.68. The van der Waals surface area contributed by atoms with Crippen LogP contribution in [0.4, 0.5) is 5.82 Å². The second kappa shape index (κ2) is 5.60. The number of hydrogen-bond acceptors (Lipinski definition) is 2. The number of aryl methyl sites for hydroxylation is 2. The molecule has 2 aromatic carbocycles. The van der Waals surface area contributed by atoms with E-state index in [1.165, 1.54) is 5.56 Å². The van der Waals surface area contributed by atoms with Crippen molar-refractivity contribution in [1.82, 2.24) is 4.57 Å². The molecule has 0 aliphatic carbocycles. The third-order valence-corrected chi connectivity index (χ3v) is 3.88. The molecule has 1 heterocycles. The van der Waals surface area contributed by atoms with Crippen LogP contribution in [0.15, 0.2) is 54.6 Å². The highest BCUT2D eigenvalue weighted by molar-refractivity contribution is 5.71. The van der Waals surface area contributed by atoms with Crippen molar-refractivity contribution in [2.45, 2.75) is 13.8 Å². The summed E-state index contributed by atoms with van der Waals surface area (Å²) >= 11 is 0. The van der Waals surface area contributed by atoms with E-state index < -0.39 is 0 Å². The lowest BCUT2D eigenvalue weighted by molar-refractivity contribution is 0.415. The first-order chi connectivity index (χ1) is 10.6. The smallest absolute Gasteiger partial charge is 0.119 e. The molecule has 0 radical (unpaired) electrons. The van der Waals surface area contributed by atoms with Crippen LogP contribution in [0.2, 0.25) is 0 Å². The zero-order valence-electron chi connectivity index (χ0n) is 13.1. The number of methoxy groups -OCH3 is 1. The first kappa shape index (κ1) is 14.3. The SMILES string of the molecule is COc1ccc(-n2c(N)cc(C)c2-c2ccc(C)cc2)cc1. The third kappa shape index (κ3) is 2.46. The molecule has 0 amide bonds. The van der Waals surface area contributed by atoms with Gasteiger partial charge in [-0.3, -0.25) is 4.57 Å². The summed E-state index contributed by atoms with van der Waals surface area (Å²) in [4.78, 5) is 0. The number of nitrogens with two attached hydrogens (primary N) is 1. The van der Waals surface area contributed by atoms with E-state index in [4.69, 9.17) is 10.5 Å². The second-order valence-corrected chi connectivity index (χ2v) is 5.50. The van der Waals surface area contributed by atoms with Crippen molar-refractivity contribution in [3.63, 3.8) is 0 Å². The molecule has 0 bridgehead atoms. The van der Waals surface area contributed by atoms with E-state index in [9.17, 15) is 0 Å². The summed E-state index contributed by atoms with van der Waals surface area (Å²) in [7, 11) is 1.67. The molecule has 0 aliphatic heterocycles. The minimum atomic E-state index is 0.734. The van der Waals surface area contributed by atoms with E-state index >= 15 is 0 Å². The molecule has 0 fully saturated rings. The molecule has 0 saturated heterocycles. The maximum Gasteiger partial charge on any atom is 0.119 e. The molecule has 112 valence electrons. The van der Waals surface area contributed by atoms with E-state index in [1.54, 1.807) is 7.11 Å². The highest BCUT2D eigenvalue weighted by Crippen LogP contribution is 2.32. The summed E-state index contributed by atoms with van der Waals surface area (Å²) in [5, 5.41) is 0. The highest BCUT2D eigenvalue weighted by Gasteiger charge is 2.14. The maximum absolute atomic E-state index is 6.24. The van der Waals surface area contributed by atoms with Crippen LogP contribution >= 0.6 is 0 Å². The van der Waals surface area contributed by atoms with Gasteiger partial charge in [0.1, 0.15) is 11.6 Å². The van der Waals surface area contributed by atoms with E-state index in [-0.39, 0.29) is 0 Å². The molecule has 3 nitrogen and oxygen atoms in total. The number of rotatable bonds is 3. The quantitative estimate of drug-likeness (QED) is 0.779. The second-order valence-electron chi connectivity index (χ2n) is 5.50. The summed E-state index contributed by atoms with van der Waals surface area (Å²) < 4.78 is 7.31. The van der Waals surface area contributed by atoms with Crippen LogP contribution in [-0.2, 0) is 0 Å². The normalized spacial score (nSPS) is 10.7. The standard InChI is InChI=1S/C19H20N2O/c1-13-4-6-15(7-5-13)19-14(2)12-18(20)21(19)16-8-10-17(22-3)11-9-16/h4-12H,20H2,1-3H3. The van der Waals surface area contributed by atoms with Crippen LogP contribution in [0.3, 0.4) is 0 Å². The van der Waals surface area contributed by atoms with Gasteiger partial charge in [0.2, 0.25) is 0 Å².